The van der Waals surface area contributed by atoms with E-state index < -0.39 is 5.60 Å². The van der Waals surface area contributed by atoms with Gasteiger partial charge in [0.2, 0.25) is 0 Å². The maximum atomic E-state index is 11.9. The molecule has 0 aromatic heterocycles. The molecule has 0 aliphatic carbocycles. The summed E-state index contributed by atoms with van der Waals surface area (Å²) >= 11 is 0. The molecule has 0 amide bonds. The number of aliphatic hydroxyl groups is 1. The highest BCUT2D eigenvalue weighted by atomic mass is 16.5. The lowest BCUT2D eigenvalue weighted by Crippen LogP contribution is -2.21. The molecule has 1 unspecified atom stereocenters. The number of ether oxygens (including phenoxy) is 1. The largest absolute Gasteiger partial charge is 0.458 e. The molecule has 0 aliphatic heterocycles. The zero-order valence-electron chi connectivity index (χ0n) is 16.0. The second-order valence-electron chi connectivity index (χ2n) is 6.97. The van der Waals surface area contributed by atoms with Gasteiger partial charge in [0.1, 0.15) is 6.61 Å². The summed E-state index contributed by atoms with van der Waals surface area (Å²) in [6.45, 7) is 8.33. The normalized spacial score (nSPS) is 14.9. The molecule has 0 fully saturated rings. The van der Waals surface area contributed by atoms with E-state index in [0.717, 1.165) is 37.7 Å². The molecule has 1 rings (SSSR count). The Kier molecular flexibility index (Phi) is 9.22. The van der Waals surface area contributed by atoms with Crippen LogP contribution in [0.25, 0.3) is 0 Å². The third-order valence-electron chi connectivity index (χ3n) is 4.41. The smallest absolute Gasteiger partial charge is 0.338 e. The van der Waals surface area contributed by atoms with Gasteiger partial charge >= 0.3 is 5.97 Å². The number of allylic oxidation sites excluding steroid dienone is 3. The second-order valence-corrected chi connectivity index (χ2v) is 6.97. The van der Waals surface area contributed by atoms with E-state index in [9.17, 15) is 9.90 Å². The molecule has 1 atom stereocenters. The quantitative estimate of drug-likeness (QED) is 0.453. The summed E-state index contributed by atoms with van der Waals surface area (Å²) in [5, 5.41) is 9.99. The first kappa shape index (κ1) is 21.2. The van der Waals surface area contributed by atoms with Gasteiger partial charge in [-0.3, -0.25) is 0 Å². The minimum absolute atomic E-state index is 0.285. The van der Waals surface area contributed by atoms with E-state index in [1.165, 1.54) is 5.57 Å². The van der Waals surface area contributed by atoms with Crippen LogP contribution in [-0.4, -0.2) is 23.3 Å². The van der Waals surface area contributed by atoms with Crippen molar-refractivity contribution in [1.82, 2.24) is 0 Å². The average molecular weight is 344 g/mol. The van der Waals surface area contributed by atoms with Gasteiger partial charge < -0.3 is 9.84 Å². The van der Waals surface area contributed by atoms with Crippen LogP contribution >= 0.6 is 0 Å². The zero-order valence-corrected chi connectivity index (χ0v) is 16.0. The van der Waals surface area contributed by atoms with Gasteiger partial charge in [-0.1, -0.05) is 42.8 Å². The summed E-state index contributed by atoms with van der Waals surface area (Å²) in [5.74, 6) is -0.285. The molecule has 0 radical (unpaired) electrons. The van der Waals surface area contributed by atoms with Crippen LogP contribution in [0.1, 0.15) is 70.2 Å². The van der Waals surface area contributed by atoms with Gasteiger partial charge in [0.05, 0.1) is 11.2 Å². The van der Waals surface area contributed by atoms with Gasteiger partial charge in [-0.2, -0.15) is 0 Å². The van der Waals surface area contributed by atoms with E-state index in [2.05, 4.69) is 19.1 Å². The Bertz CT molecular complexity index is 583. The summed E-state index contributed by atoms with van der Waals surface area (Å²) in [7, 11) is 0. The number of hydrogen-bond acceptors (Lipinski definition) is 3. The van der Waals surface area contributed by atoms with Crippen molar-refractivity contribution in [2.24, 2.45) is 0 Å². The highest BCUT2D eigenvalue weighted by Gasteiger charge is 2.15. The van der Waals surface area contributed by atoms with Gasteiger partial charge in [-0.05, 0) is 70.6 Å². The van der Waals surface area contributed by atoms with Gasteiger partial charge in [0, 0.05) is 0 Å². The number of rotatable bonds is 10. The van der Waals surface area contributed by atoms with Crippen LogP contribution in [0.3, 0.4) is 0 Å². The number of carbonyl (C=O) groups excluding carboxylic acids is 1. The van der Waals surface area contributed by atoms with Crippen LogP contribution in [0.5, 0.6) is 0 Å². The van der Waals surface area contributed by atoms with Crippen molar-refractivity contribution in [1.29, 1.82) is 0 Å². The van der Waals surface area contributed by atoms with E-state index in [-0.39, 0.29) is 5.97 Å². The summed E-state index contributed by atoms with van der Waals surface area (Å²) in [6.07, 6.45) is 8.73. The summed E-state index contributed by atoms with van der Waals surface area (Å²) in [6, 6.07) is 9.04. The van der Waals surface area contributed by atoms with Crippen molar-refractivity contribution in [3.05, 3.63) is 59.2 Å². The Morgan fingerprint density at radius 2 is 1.76 bits per heavy atom. The van der Waals surface area contributed by atoms with Gasteiger partial charge in [-0.15, -0.1) is 0 Å². The molecule has 0 aliphatic rings. The summed E-state index contributed by atoms with van der Waals surface area (Å²) < 4.78 is 5.31. The van der Waals surface area contributed by atoms with Crippen LogP contribution in [0.2, 0.25) is 0 Å². The predicted octanol–water partition coefficient (Wildman–Crippen LogP) is 5.46. The first-order valence-corrected chi connectivity index (χ1v) is 9.10. The van der Waals surface area contributed by atoms with Crippen LogP contribution in [0.4, 0.5) is 0 Å². The van der Waals surface area contributed by atoms with E-state index >= 15 is 0 Å². The van der Waals surface area contributed by atoms with Crippen molar-refractivity contribution in [2.75, 3.05) is 6.61 Å². The van der Waals surface area contributed by atoms with Crippen molar-refractivity contribution in [2.45, 2.75) is 65.4 Å². The molecule has 0 heterocycles. The minimum Gasteiger partial charge on any atom is -0.458 e. The molecule has 138 valence electrons. The number of esters is 1. The first-order valence-electron chi connectivity index (χ1n) is 9.10. The molecule has 3 nitrogen and oxygen atoms in total. The molecule has 3 heteroatoms. The Morgan fingerprint density at radius 1 is 1.12 bits per heavy atom. The molecular weight excluding hydrogens is 312 g/mol. The van der Waals surface area contributed by atoms with E-state index in [0.29, 0.717) is 12.2 Å². The highest BCUT2D eigenvalue weighted by Crippen LogP contribution is 2.18. The summed E-state index contributed by atoms with van der Waals surface area (Å²) in [4.78, 5) is 11.9. The predicted molar refractivity (Wildman–Crippen MR) is 104 cm³/mol. The molecule has 0 bridgehead atoms. The Morgan fingerprint density at radius 3 is 2.40 bits per heavy atom. The number of carbonyl (C=O) groups is 1. The molecule has 0 saturated carbocycles. The molecular formula is C22H32O3. The maximum Gasteiger partial charge on any atom is 0.338 e. The second kappa shape index (κ2) is 10.9. The topological polar surface area (TPSA) is 46.5 Å². The third kappa shape index (κ3) is 9.25. The van der Waals surface area contributed by atoms with E-state index in [4.69, 9.17) is 4.74 Å². The summed E-state index contributed by atoms with van der Waals surface area (Å²) in [5.41, 5.74) is 2.41. The van der Waals surface area contributed by atoms with Crippen LogP contribution in [-0.2, 0) is 4.74 Å². The lowest BCUT2D eigenvalue weighted by Gasteiger charge is -2.20. The first-order chi connectivity index (χ1) is 11.8. The Balaban J connectivity index is 2.29. The fourth-order valence-corrected chi connectivity index (χ4v) is 2.35. The molecule has 0 spiro atoms. The van der Waals surface area contributed by atoms with Gasteiger partial charge in [0.25, 0.3) is 0 Å². The lowest BCUT2D eigenvalue weighted by atomic mass is 9.96. The zero-order chi connectivity index (χ0) is 18.7. The molecule has 0 saturated heterocycles. The molecule has 1 aromatic rings. The fourth-order valence-electron chi connectivity index (χ4n) is 2.35. The number of hydrogen-bond donors (Lipinski definition) is 1. The Hall–Kier alpha value is -1.87. The van der Waals surface area contributed by atoms with Crippen LogP contribution in [0.15, 0.2) is 53.6 Å². The molecule has 25 heavy (non-hydrogen) atoms. The van der Waals surface area contributed by atoms with Gasteiger partial charge in [-0.25, -0.2) is 4.79 Å². The standard InChI is InChI=1S/C22H32O3/c1-5-22(4,24)16-10-13-18(2)11-9-12-19(3)17-25-21(23)20-14-7-6-8-15-20/h6-8,12-15,24H,5,9-11,16-17H2,1-4H3/b18-13+,19-12+. The van der Waals surface area contributed by atoms with E-state index in [1.54, 1.807) is 12.1 Å². The maximum absolute atomic E-state index is 11.9. The molecule has 1 aromatic carbocycles. The molecule has 1 N–H and O–H groups in total. The van der Waals surface area contributed by atoms with E-state index in [1.807, 2.05) is 39.0 Å². The Labute approximate surface area is 152 Å². The lowest BCUT2D eigenvalue weighted by molar-refractivity contribution is 0.0479. The fraction of sp³-hybridized carbons (Fsp3) is 0.500. The van der Waals surface area contributed by atoms with Gasteiger partial charge in [0.15, 0.2) is 0 Å². The number of benzene rings is 1. The minimum atomic E-state index is -0.560. The van der Waals surface area contributed by atoms with Crippen LogP contribution < -0.4 is 0 Å². The third-order valence-corrected chi connectivity index (χ3v) is 4.41. The van der Waals surface area contributed by atoms with Crippen molar-refractivity contribution >= 4 is 5.97 Å². The monoisotopic (exact) mass is 344 g/mol. The van der Waals surface area contributed by atoms with Crippen molar-refractivity contribution in [3.8, 4) is 0 Å². The van der Waals surface area contributed by atoms with Crippen molar-refractivity contribution in [3.63, 3.8) is 0 Å². The van der Waals surface area contributed by atoms with Crippen molar-refractivity contribution < 1.29 is 14.6 Å². The highest BCUT2D eigenvalue weighted by molar-refractivity contribution is 5.89. The SMILES string of the molecule is CCC(C)(O)CC/C=C(\C)CC/C=C(\C)COC(=O)c1ccccc1. The average Bonchev–Trinajstić information content (AvgIpc) is 2.60. The van der Waals surface area contributed by atoms with Crippen LogP contribution in [0, 0.1) is 0 Å².